The summed E-state index contributed by atoms with van der Waals surface area (Å²) in [5.74, 6) is -12.6. The SMILES string of the molecule is C[C@H](NC(=O)CCc1ccc(N2C(=O)C=CC2=O)cc1OCCCC(=O)N(C)CC(=O)N(C)CC(=O)N(C)CC(=O)N(C)CC(=O)N(C)CC(=O)N(C)CC(=O)N(C)CC(=O)N(C)CC(=O)N(C)CC(=O)N(C)CC(=O)O)C(=O)N[C@@H](C)C(=O)NCOCC(=O)[C@@]12O[C@H](c3sccc3F)O[C@@H]1C[C@H]1[C@@H]3CCC4=CC(=O)C=C[C@]4(C)[C@H]3[C@@H](O)C[C@@]12C. The number of aliphatic carboxylic acids is 1. The van der Waals surface area contributed by atoms with Gasteiger partial charge in [0.25, 0.3) is 11.8 Å². The number of nitrogens with zero attached hydrogens (tertiary/aromatic N) is 11. The quantitative estimate of drug-likeness (QED) is 0.0288. The lowest BCUT2D eigenvalue weighted by molar-refractivity contribution is -0.201. The topological polar surface area (TPSA) is 456 Å². The van der Waals surface area contributed by atoms with Gasteiger partial charge >= 0.3 is 5.97 Å². The van der Waals surface area contributed by atoms with Crippen LogP contribution in [0.15, 0.2) is 65.6 Å². The molecule has 1 aromatic heterocycles. The van der Waals surface area contributed by atoms with E-state index in [1.807, 2.05) is 19.9 Å². The number of imide groups is 1. The Hall–Kier alpha value is -11.2. The highest BCUT2D eigenvalue weighted by Gasteiger charge is 2.76. The van der Waals surface area contributed by atoms with E-state index in [0.717, 1.165) is 83.0 Å². The first-order valence-electron chi connectivity index (χ1n) is 38.9. The standard InChI is InChI=1S/C80H107FN14O24S/c1-46(75(114)82-45-116-44-57(98)80-58(118-77(119-80)74-54(81)26-29-120-74)32-53-52-21-19-49-30-51(96)25-27-78(49,3)73(52)55(97)33-79(53,80)4)84-76(115)47(2)83-59(99)22-18-48-17-20-50(95-61(101)23-24-62(95)102)31-56(48)117-28-15-16-60(100)85(5)34-63(103)86(6)35-64(104)87(7)36-65(105)88(8)37-66(106)89(9)38-67(107)90(10)39-68(108)91(11)40-69(109)92(12)41-70(110)93(13)42-71(111)94(14)43-72(112)113/h17,20,23-27,29-31,46-47,52-53,55,58,73,77,97H,15-16,18-19,21-22,28,32-45H2,1-14H3,(H,82,114)(H,83,99)(H,84,115)(H,112,113)/t46-,47-,52-,53-,55-,58+,73+,77+,78-,79-,80+/m0/s1. The first-order valence-corrected chi connectivity index (χ1v) is 39.8. The zero-order valence-corrected chi connectivity index (χ0v) is 70.6. The van der Waals surface area contributed by atoms with Crippen molar-refractivity contribution in [3.05, 3.63) is 81.9 Å². The third-order valence-electron chi connectivity index (χ3n) is 23.1. The highest BCUT2D eigenvalue weighted by Crippen LogP contribution is 2.71. The fourth-order valence-corrected chi connectivity index (χ4v) is 16.7. The van der Waals surface area contributed by atoms with Crippen LogP contribution in [0.2, 0.25) is 0 Å². The molecule has 15 amide bonds. The third kappa shape index (κ3) is 22.2. The lowest BCUT2D eigenvalue weighted by Gasteiger charge is -2.59. The number of benzene rings is 1. The molecule has 2 aliphatic heterocycles. The molecule has 3 saturated carbocycles. The zero-order valence-electron chi connectivity index (χ0n) is 69.8. The Kier molecular flexibility index (Phi) is 31.6. The predicted octanol–water partition coefficient (Wildman–Crippen LogP) is -1.51. The van der Waals surface area contributed by atoms with Gasteiger partial charge in [0.15, 0.2) is 23.5 Å². The molecule has 3 heterocycles. The maximum atomic E-state index is 15.1. The molecule has 0 spiro atoms. The summed E-state index contributed by atoms with van der Waals surface area (Å²) in [4.78, 5) is 245. The minimum Gasteiger partial charge on any atom is -0.493 e. The number of aliphatic hydroxyl groups is 1. The van der Waals surface area contributed by atoms with Crippen LogP contribution in [-0.4, -0.2) is 351 Å². The Morgan fingerprint density at radius 2 is 1.10 bits per heavy atom. The number of hydrogen-bond acceptors (Lipinski definition) is 24. The number of hydrogen-bond donors (Lipinski definition) is 5. The number of aliphatic hydroxyl groups excluding tert-OH is 1. The Labute approximate surface area is 697 Å². The molecule has 1 aromatic carbocycles. The number of amides is 15. The van der Waals surface area contributed by atoms with Gasteiger partial charge in [0.05, 0.1) is 88.3 Å². The van der Waals surface area contributed by atoms with Crippen molar-refractivity contribution in [2.45, 2.75) is 115 Å². The fraction of sp³-hybridized carbons (Fsp3) is 0.575. The first kappa shape index (κ1) is 94.3. The Morgan fingerprint density at radius 3 is 1.57 bits per heavy atom. The van der Waals surface area contributed by atoms with Gasteiger partial charge in [-0.1, -0.05) is 31.6 Å². The predicted molar refractivity (Wildman–Crippen MR) is 423 cm³/mol. The van der Waals surface area contributed by atoms with Crippen LogP contribution < -0.4 is 25.6 Å². The minimum absolute atomic E-state index is 0.00603. The number of carboxylic acids is 1. The van der Waals surface area contributed by atoms with E-state index in [0.29, 0.717) is 24.8 Å². The number of carboxylic acid groups (broad SMARTS) is 1. The van der Waals surface area contributed by atoms with Gasteiger partial charge in [-0.05, 0) is 99.4 Å². The molecule has 654 valence electrons. The summed E-state index contributed by atoms with van der Waals surface area (Å²) in [6.07, 6.45) is 5.79. The largest absolute Gasteiger partial charge is 0.493 e. The molecule has 8 rings (SSSR count). The summed E-state index contributed by atoms with van der Waals surface area (Å²) >= 11 is 1.08. The monoisotopic (exact) mass is 1700 g/mol. The number of Topliss-reactive ketones (excluding diaryl/α,β-unsaturated/α-hetero) is 1. The average Bonchev–Trinajstić information content (AvgIpc) is 1.50. The number of anilines is 1. The molecule has 38 nitrogen and oxygen atoms in total. The van der Waals surface area contributed by atoms with Crippen LogP contribution in [0, 0.1) is 34.4 Å². The zero-order chi connectivity index (χ0) is 88.9. The lowest BCUT2D eigenvalue weighted by atomic mass is 9.46. The number of ether oxygens (including phenoxy) is 4. The number of carbonyl (C=O) groups is 18. The summed E-state index contributed by atoms with van der Waals surface area (Å²) in [7, 11) is 13.0. The Balaban J connectivity index is 0.730. The number of nitrogens with one attached hydrogen (secondary N) is 3. The number of halogens is 1. The third-order valence-corrected chi connectivity index (χ3v) is 24.0. The summed E-state index contributed by atoms with van der Waals surface area (Å²) < 4.78 is 40.2. The second kappa shape index (κ2) is 40.2. The van der Waals surface area contributed by atoms with Crippen molar-refractivity contribution in [1.29, 1.82) is 0 Å². The van der Waals surface area contributed by atoms with Crippen molar-refractivity contribution in [2.75, 3.05) is 161 Å². The number of thiophene rings is 1. The fourth-order valence-electron chi connectivity index (χ4n) is 16.0. The summed E-state index contributed by atoms with van der Waals surface area (Å²) in [5, 5.41) is 30.3. The second-order valence-electron chi connectivity index (χ2n) is 31.8. The first-order chi connectivity index (χ1) is 56.3. The number of ketones is 2. The average molecular weight is 1700 g/mol. The number of likely N-dealkylation sites (N-methyl/N-ethyl adjacent to an activating group) is 10. The normalized spacial score (nSPS) is 22.1. The van der Waals surface area contributed by atoms with Gasteiger partial charge in [-0.2, -0.15) is 0 Å². The van der Waals surface area contributed by atoms with Gasteiger partial charge in [-0.3, -0.25) is 86.3 Å². The van der Waals surface area contributed by atoms with Crippen LogP contribution in [-0.2, 0) is 107 Å². The van der Waals surface area contributed by atoms with Gasteiger partial charge in [-0.15, -0.1) is 11.3 Å². The molecule has 6 aliphatic rings. The molecule has 1 saturated heterocycles. The molecule has 5 N–H and O–H groups in total. The molecular formula is C80H107FN14O24S. The number of fused-ring (bicyclic) bond motifs is 7. The molecule has 120 heavy (non-hydrogen) atoms. The van der Waals surface area contributed by atoms with Crippen molar-refractivity contribution in [3.8, 4) is 5.75 Å². The maximum Gasteiger partial charge on any atom is 0.323 e. The smallest absolute Gasteiger partial charge is 0.323 e. The highest BCUT2D eigenvalue weighted by atomic mass is 32.1. The Bertz CT molecular complexity index is 4440. The van der Waals surface area contributed by atoms with Gasteiger partial charge in [0.1, 0.15) is 43.5 Å². The molecule has 40 heteroatoms. The van der Waals surface area contributed by atoms with Crippen LogP contribution in [0.1, 0.15) is 89.4 Å². The van der Waals surface area contributed by atoms with Crippen molar-refractivity contribution < 1.29 is 120 Å². The molecule has 11 atom stereocenters. The lowest BCUT2D eigenvalue weighted by Crippen LogP contribution is -2.63. The van der Waals surface area contributed by atoms with Gasteiger partial charge < -0.3 is 94.1 Å². The Morgan fingerprint density at radius 1 is 0.625 bits per heavy atom. The van der Waals surface area contributed by atoms with Crippen LogP contribution in [0.5, 0.6) is 5.75 Å². The van der Waals surface area contributed by atoms with Crippen molar-refractivity contribution in [3.63, 3.8) is 0 Å². The number of rotatable bonds is 39. The summed E-state index contributed by atoms with van der Waals surface area (Å²) in [5.41, 5.74) is -1.76. The van der Waals surface area contributed by atoms with Crippen LogP contribution in [0.25, 0.3) is 0 Å². The van der Waals surface area contributed by atoms with E-state index >= 15 is 4.39 Å². The molecule has 0 bridgehead atoms. The molecule has 0 unspecified atom stereocenters. The summed E-state index contributed by atoms with van der Waals surface area (Å²) in [6.45, 7) is 0.514. The van der Waals surface area contributed by atoms with Crippen LogP contribution in [0.4, 0.5) is 10.1 Å². The number of carbonyl (C=O) groups excluding carboxylic acids is 17. The molecule has 0 radical (unpaired) electrons. The van der Waals surface area contributed by atoms with Crippen molar-refractivity contribution >= 4 is 123 Å². The van der Waals surface area contributed by atoms with Gasteiger partial charge in [0, 0.05) is 118 Å². The maximum absolute atomic E-state index is 15.1. The minimum atomic E-state index is -1.69. The molecule has 2 aromatic rings. The van der Waals surface area contributed by atoms with E-state index in [1.165, 1.54) is 109 Å². The molecule has 4 aliphatic carbocycles. The summed E-state index contributed by atoms with van der Waals surface area (Å²) in [6, 6.07) is 3.38. The van der Waals surface area contributed by atoms with Gasteiger partial charge in [0.2, 0.25) is 76.8 Å². The number of aryl methyl sites for hydroxylation is 1. The molecular weight excluding hydrogens is 1590 g/mol. The van der Waals surface area contributed by atoms with Crippen molar-refractivity contribution in [2.24, 2.45) is 28.6 Å². The van der Waals surface area contributed by atoms with E-state index in [-0.39, 0.29) is 78.6 Å². The number of allylic oxidation sites excluding steroid dienone is 4. The van der Waals surface area contributed by atoms with E-state index in [4.69, 9.17) is 24.1 Å². The second-order valence-corrected chi connectivity index (χ2v) is 32.8. The van der Waals surface area contributed by atoms with Crippen molar-refractivity contribution in [1.82, 2.24) is 64.9 Å². The highest BCUT2D eigenvalue weighted by molar-refractivity contribution is 7.10. The van der Waals surface area contributed by atoms with E-state index < -0.39 is 232 Å². The molecule has 4 fully saturated rings. The van der Waals surface area contributed by atoms with Crippen LogP contribution in [0.3, 0.4) is 0 Å². The van der Waals surface area contributed by atoms with E-state index in [1.54, 1.807) is 17.5 Å². The van der Waals surface area contributed by atoms with Crippen LogP contribution >= 0.6 is 11.3 Å². The van der Waals surface area contributed by atoms with E-state index in [9.17, 15) is 91.4 Å². The van der Waals surface area contributed by atoms with Gasteiger partial charge in [-0.25, -0.2) is 9.29 Å². The van der Waals surface area contributed by atoms with E-state index in [2.05, 4.69) is 16.0 Å².